The molecule has 4 aromatic carbocycles. The number of primary amides is 1. The molecule has 0 radical (unpaired) electrons. The minimum absolute atomic E-state index is 0.269. The van der Waals surface area contributed by atoms with Crippen LogP contribution in [0.2, 0.25) is 0 Å². The summed E-state index contributed by atoms with van der Waals surface area (Å²) in [6.07, 6.45) is 3.84. The number of rotatable bonds is 12. The van der Waals surface area contributed by atoms with Crippen LogP contribution in [-0.4, -0.2) is 30.5 Å². The van der Waals surface area contributed by atoms with Gasteiger partial charge in [0.25, 0.3) is 0 Å². The van der Waals surface area contributed by atoms with Gasteiger partial charge in [0.2, 0.25) is 5.91 Å². The fraction of sp³-hybridized carbons (Fsp3) is 0.306. The minimum atomic E-state index is -0.447. The summed E-state index contributed by atoms with van der Waals surface area (Å²) in [4.78, 5) is 14.0. The quantitative estimate of drug-likeness (QED) is 0.190. The summed E-state index contributed by atoms with van der Waals surface area (Å²) in [5, 5.41) is 0. The standard InChI is InChI=1S/C32H34N2O2.C4H8/c1-25-16-18-26(19-17-25)23-34(20-9-21-36-30-15-8-14-29(22-30)32(33)35)24-31(27-10-4-2-5-11-27)28-12-6-3-7-13-28;1-4-2-3-4/h2-8,10-19,22,31H,9,20-21,23-24H2,1H3,(H2,33,35);4H,2-3H2,1H3. The van der Waals surface area contributed by atoms with Crippen molar-refractivity contribution in [2.75, 3.05) is 19.7 Å². The molecule has 0 bridgehead atoms. The molecule has 0 spiro atoms. The first-order valence-corrected chi connectivity index (χ1v) is 14.4. The number of hydrogen-bond donors (Lipinski definition) is 1. The summed E-state index contributed by atoms with van der Waals surface area (Å²) in [7, 11) is 0. The zero-order chi connectivity index (χ0) is 28.2. The maximum atomic E-state index is 11.5. The van der Waals surface area contributed by atoms with Gasteiger partial charge >= 0.3 is 0 Å². The predicted molar refractivity (Wildman–Crippen MR) is 165 cm³/mol. The Morgan fingerprint density at radius 1 is 0.875 bits per heavy atom. The molecule has 1 fully saturated rings. The SMILES string of the molecule is CC1CC1.Cc1ccc(CN(CCCOc2cccc(C(N)=O)c2)CC(c2ccccc2)c2ccccc2)cc1. The first-order chi connectivity index (χ1) is 19.5. The molecule has 1 amide bonds. The van der Waals surface area contributed by atoms with Gasteiger partial charge in [0, 0.05) is 31.1 Å². The van der Waals surface area contributed by atoms with Crippen LogP contribution in [0.25, 0.3) is 0 Å². The predicted octanol–water partition coefficient (Wildman–Crippen LogP) is 7.61. The molecule has 1 aliphatic carbocycles. The van der Waals surface area contributed by atoms with Gasteiger partial charge in [-0.05, 0) is 54.2 Å². The Hall–Kier alpha value is -3.89. The average molecular weight is 535 g/mol. The maximum absolute atomic E-state index is 11.5. The van der Waals surface area contributed by atoms with Crippen LogP contribution >= 0.6 is 0 Å². The van der Waals surface area contributed by atoms with Crippen LogP contribution in [0, 0.1) is 12.8 Å². The van der Waals surface area contributed by atoms with E-state index in [-0.39, 0.29) is 5.92 Å². The van der Waals surface area contributed by atoms with E-state index in [9.17, 15) is 4.79 Å². The number of carbonyl (C=O) groups is 1. The lowest BCUT2D eigenvalue weighted by Crippen LogP contribution is -2.30. The molecule has 0 unspecified atom stereocenters. The first-order valence-electron chi connectivity index (χ1n) is 14.4. The highest BCUT2D eigenvalue weighted by molar-refractivity contribution is 5.93. The fourth-order valence-corrected chi connectivity index (χ4v) is 4.60. The zero-order valence-corrected chi connectivity index (χ0v) is 23.8. The van der Waals surface area contributed by atoms with Crippen molar-refractivity contribution in [3.8, 4) is 5.75 Å². The molecule has 0 heterocycles. The van der Waals surface area contributed by atoms with Crippen LogP contribution < -0.4 is 10.5 Å². The highest BCUT2D eigenvalue weighted by Crippen LogP contribution is 2.27. The van der Waals surface area contributed by atoms with Crippen molar-refractivity contribution < 1.29 is 9.53 Å². The van der Waals surface area contributed by atoms with E-state index in [1.165, 1.54) is 35.1 Å². The number of nitrogens with zero attached hydrogens (tertiary/aromatic N) is 1. The molecule has 1 saturated carbocycles. The highest BCUT2D eigenvalue weighted by Gasteiger charge is 2.19. The maximum Gasteiger partial charge on any atom is 0.248 e. The van der Waals surface area contributed by atoms with E-state index in [4.69, 9.17) is 10.5 Å². The van der Waals surface area contributed by atoms with Crippen LogP contribution in [-0.2, 0) is 6.54 Å². The number of nitrogens with two attached hydrogens (primary N) is 1. The highest BCUT2D eigenvalue weighted by atomic mass is 16.5. The normalized spacial score (nSPS) is 12.6. The van der Waals surface area contributed by atoms with E-state index in [0.29, 0.717) is 17.9 Å². The minimum Gasteiger partial charge on any atom is -0.494 e. The Morgan fingerprint density at radius 3 is 2.02 bits per heavy atom. The second kappa shape index (κ2) is 15.0. The lowest BCUT2D eigenvalue weighted by Gasteiger charge is -2.28. The first kappa shape index (κ1) is 29.1. The second-order valence-corrected chi connectivity index (χ2v) is 10.9. The Labute approximate surface area is 239 Å². The number of aryl methyl sites for hydroxylation is 1. The van der Waals surface area contributed by atoms with Gasteiger partial charge in [-0.1, -0.05) is 116 Å². The summed E-state index contributed by atoms with van der Waals surface area (Å²) < 4.78 is 5.95. The van der Waals surface area contributed by atoms with Crippen molar-refractivity contribution in [2.24, 2.45) is 11.7 Å². The van der Waals surface area contributed by atoms with Crippen LogP contribution in [0.4, 0.5) is 0 Å². The Balaban J connectivity index is 0.000000848. The molecule has 0 aliphatic heterocycles. The van der Waals surface area contributed by atoms with E-state index < -0.39 is 5.91 Å². The number of ether oxygens (including phenoxy) is 1. The topological polar surface area (TPSA) is 55.6 Å². The van der Waals surface area contributed by atoms with Crippen LogP contribution in [0.5, 0.6) is 5.75 Å². The molecule has 0 aromatic heterocycles. The van der Waals surface area contributed by atoms with E-state index in [0.717, 1.165) is 32.0 Å². The van der Waals surface area contributed by atoms with Gasteiger partial charge in [0.1, 0.15) is 5.75 Å². The smallest absolute Gasteiger partial charge is 0.248 e. The molecule has 4 nitrogen and oxygen atoms in total. The zero-order valence-electron chi connectivity index (χ0n) is 23.8. The van der Waals surface area contributed by atoms with Crippen LogP contribution in [0.15, 0.2) is 109 Å². The third-order valence-corrected chi connectivity index (χ3v) is 7.24. The fourth-order valence-electron chi connectivity index (χ4n) is 4.60. The van der Waals surface area contributed by atoms with Gasteiger partial charge in [-0.2, -0.15) is 0 Å². The average Bonchev–Trinajstić information content (AvgIpc) is 3.78. The third kappa shape index (κ3) is 9.69. The molecule has 5 rings (SSSR count). The van der Waals surface area contributed by atoms with E-state index in [1.54, 1.807) is 18.2 Å². The summed E-state index contributed by atoms with van der Waals surface area (Å²) in [5.41, 5.74) is 11.1. The van der Waals surface area contributed by atoms with Crippen molar-refractivity contribution in [3.63, 3.8) is 0 Å². The summed E-state index contributed by atoms with van der Waals surface area (Å²) >= 11 is 0. The second-order valence-electron chi connectivity index (χ2n) is 10.9. The van der Waals surface area contributed by atoms with Crippen LogP contribution in [0.3, 0.4) is 0 Å². The number of benzene rings is 4. The Bertz CT molecular complexity index is 1260. The van der Waals surface area contributed by atoms with Crippen molar-refractivity contribution >= 4 is 5.91 Å². The third-order valence-electron chi connectivity index (χ3n) is 7.24. The largest absolute Gasteiger partial charge is 0.494 e. The van der Waals surface area contributed by atoms with Crippen molar-refractivity contribution in [1.29, 1.82) is 0 Å². The van der Waals surface area contributed by atoms with Gasteiger partial charge in [-0.15, -0.1) is 0 Å². The lowest BCUT2D eigenvalue weighted by atomic mass is 9.90. The summed E-state index contributed by atoms with van der Waals surface area (Å²) in [5.74, 6) is 1.58. The van der Waals surface area contributed by atoms with E-state index in [1.807, 2.05) is 6.07 Å². The molecular formula is C36H42N2O2. The molecule has 208 valence electrons. The monoisotopic (exact) mass is 534 g/mol. The van der Waals surface area contributed by atoms with Gasteiger partial charge in [-0.25, -0.2) is 0 Å². The molecule has 4 heteroatoms. The van der Waals surface area contributed by atoms with Crippen molar-refractivity contribution in [2.45, 2.75) is 45.6 Å². The molecule has 40 heavy (non-hydrogen) atoms. The van der Waals surface area contributed by atoms with E-state index in [2.05, 4.69) is 104 Å². The molecule has 0 saturated heterocycles. The van der Waals surface area contributed by atoms with Crippen molar-refractivity contribution in [1.82, 2.24) is 4.90 Å². The number of amides is 1. The van der Waals surface area contributed by atoms with Gasteiger partial charge in [0.05, 0.1) is 6.61 Å². The van der Waals surface area contributed by atoms with Gasteiger partial charge in [-0.3, -0.25) is 9.69 Å². The number of hydrogen-bond acceptors (Lipinski definition) is 3. The van der Waals surface area contributed by atoms with Crippen LogP contribution in [0.1, 0.15) is 64.7 Å². The molecular weight excluding hydrogens is 492 g/mol. The molecule has 1 aliphatic rings. The molecule has 2 N–H and O–H groups in total. The van der Waals surface area contributed by atoms with Gasteiger partial charge < -0.3 is 10.5 Å². The number of carbonyl (C=O) groups excluding carboxylic acids is 1. The molecule has 0 atom stereocenters. The Morgan fingerprint density at radius 2 is 1.48 bits per heavy atom. The van der Waals surface area contributed by atoms with Crippen molar-refractivity contribution in [3.05, 3.63) is 137 Å². The summed E-state index contributed by atoms with van der Waals surface area (Å²) in [6.45, 7) is 7.62. The summed E-state index contributed by atoms with van der Waals surface area (Å²) in [6, 6.07) is 37.3. The van der Waals surface area contributed by atoms with Gasteiger partial charge in [0.15, 0.2) is 0 Å². The van der Waals surface area contributed by atoms with E-state index >= 15 is 0 Å². The Kier molecular flexibility index (Phi) is 10.9. The lowest BCUT2D eigenvalue weighted by molar-refractivity contribution is 0.0999. The molecule has 4 aromatic rings.